The van der Waals surface area contributed by atoms with Crippen LogP contribution in [0.5, 0.6) is 0 Å². The van der Waals surface area contributed by atoms with Crippen molar-refractivity contribution in [2.24, 2.45) is 0 Å². The first-order valence-corrected chi connectivity index (χ1v) is 5.80. The van der Waals surface area contributed by atoms with Gasteiger partial charge in [-0.05, 0) is 12.2 Å². The number of hydrogen-bond donors (Lipinski definition) is 4. The molecule has 7 nitrogen and oxygen atoms in total. The summed E-state index contributed by atoms with van der Waals surface area (Å²) in [5, 5.41) is 29.1. The molecule has 1 aliphatic rings. The number of nitrogens with one attached hydrogen (secondary N) is 1. The van der Waals surface area contributed by atoms with Crippen molar-refractivity contribution in [3.05, 3.63) is 27.4 Å². The first-order valence-electron chi connectivity index (χ1n) is 5.39. The van der Waals surface area contributed by atoms with Crippen molar-refractivity contribution in [3.63, 3.8) is 0 Å². The van der Waals surface area contributed by atoms with Gasteiger partial charge >= 0.3 is 0 Å². The van der Waals surface area contributed by atoms with Gasteiger partial charge in [0.05, 0.1) is 6.61 Å². The first-order chi connectivity index (χ1) is 8.95. The molecule has 0 aliphatic carbocycles. The Hall–Kier alpha value is -1.50. The fourth-order valence-electron chi connectivity index (χ4n) is 1.93. The summed E-state index contributed by atoms with van der Waals surface area (Å²) in [5.41, 5.74) is -2.10. The average Bonchev–Trinajstić information content (AvgIpc) is 2.64. The third-order valence-corrected chi connectivity index (χ3v) is 3.34. The van der Waals surface area contributed by atoms with E-state index in [9.17, 15) is 20.1 Å². The minimum Gasteiger partial charge on any atom is -0.392 e. The monoisotopic (exact) mass is 284 g/mol. The van der Waals surface area contributed by atoms with Crippen LogP contribution in [0, 0.1) is 17.1 Å². The summed E-state index contributed by atoms with van der Waals surface area (Å²) in [6.07, 6.45) is 2.59. The van der Waals surface area contributed by atoms with Crippen molar-refractivity contribution in [1.29, 1.82) is 0 Å². The zero-order chi connectivity index (χ0) is 14.2. The van der Waals surface area contributed by atoms with E-state index in [0.29, 0.717) is 0 Å². The molecule has 0 aromatic carbocycles. The van der Waals surface area contributed by atoms with E-state index in [1.165, 1.54) is 16.8 Å². The molecule has 4 N–H and O–H groups in total. The van der Waals surface area contributed by atoms with Crippen molar-refractivity contribution >= 4 is 12.2 Å². The van der Waals surface area contributed by atoms with Gasteiger partial charge in [-0.3, -0.25) is 14.3 Å². The standard InChI is InChI=1S/C11H12N2O5S/c1-2-11(5-14)8(17)7(16)9(18-11)13-4-3-6(15)12-10(13)19/h1,3-4,7-9,14,16-17H,5H2,(H,12,15,19)/t7-,8?,9+,11+/m0/s1. The Morgan fingerprint density at radius 2 is 2.32 bits per heavy atom. The fraction of sp³-hybridized carbons (Fsp3) is 0.455. The molecule has 0 spiro atoms. The van der Waals surface area contributed by atoms with Crippen LogP contribution in [0.2, 0.25) is 0 Å². The number of aliphatic hydroxyl groups excluding tert-OH is 3. The molecule has 1 aliphatic heterocycles. The Kier molecular flexibility index (Phi) is 3.58. The Morgan fingerprint density at radius 1 is 1.63 bits per heavy atom. The highest BCUT2D eigenvalue weighted by Crippen LogP contribution is 2.36. The molecule has 1 aromatic rings. The summed E-state index contributed by atoms with van der Waals surface area (Å²) in [6.45, 7) is -0.658. The SMILES string of the molecule is C#C[C@]1(CO)O[C@@H](n2ccc(=O)[nH]c2=S)[C@@H](O)C1O. The van der Waals surface area contributed by atoms with Gasteiger partial charge in [-0.1, -0.05) is 5.92 Å². The fourth-order valence-corrected chi connectivity index (χ4v) is 2.20. The summed E-state index contributed by atoms with van der Waals surface area (Å²) in [6, 6.07) is 1.19. The van der Waals surface area contributed by atoms with Crippen LogP contribution in [0.25, 0.3) is 0 Å². The normalized spacial score (nSPS) is 34.1. The number of ether oxygens (including phenoxy) is 1. The van der Waals surface area contributed by atoms with Crippen LogP contribution < -0.4 is 5.56 Å². The van der Waals surface area contributed by atoms with Gasteiger partial charge in [0.15, 0.2) is 16.6 Å². The van der Waals surface area contributed by atoms with E-state index in [-0.39, 0.29) is 4.77 Å². The molecular weight excluding hydrogens is 272 g/mol. The van der Waals surface area contributed by atoms with Gasteiger partial charge in [-0.2, -0.15) is 0 Å². The molecule has 1 unspecified atom stereocenters. The number of rotatable bonds is 2. The van der Waals surface area contributed by atoms with E-state index in [4.69, 9.17) is 23.4 Å². The molecule has 0 bridgehead atoms. The minimum absolute atomic E-state index is 0.00881. The summed E-state index contributed by atoms with van der Waals surface area (Å²) in [7, 11) is 0. The molecule has 8 heteroatoms. The first kappa shape index (κ1) is 13.9. The van der Waals surface area contributed by atoms with Crippen LogP contribution in [-0.4, -0.2) is 49.3 Å². The van der Waals surface area contributed by atoms with E-state index in [0.717, 1.165) is 0 Å². The molecule has 2 heterocycles. The molecule has 1 fully saturated rings. The summed E-state index contributed by atoms with van der Waals surface area (Å²) in [5.74, 6) is 2.14. The smallest absolute Gasteiger partial charge is 0.251 e. The molecule has 1 saturated heterocycles. The largest absolute Gasteiger partial charge is 0.392 e. The number of terminal acetylenes is 1. The quantitative estimate of drug-likeness (QED) is 0.390. The lowest BCUT2D eigenvalue weighted by Crippen LogP contribution is -2.44. The maximum atomic E-state index is 11.1. The molecular formula is C11H12N2O5S. The average molecular weight is 284 g/mol. The van der Waals surface area contributed by atoms with Gasteiger partial charge < -0.3 is 20.1 Å². The molecule has 2 rings (SSSR count). The Bertz CT molecular complexity index is 633. The number of hydrogen-bond acceptors (Lipinski definition) is 6. The topological polar surface area (TPSA) is 108 Å². The predicted molar refractivity (Wildman–Crippen MR) is 66.7 cm³/mol. The van der Waals surface area contributed by atoms with E-state index in [1.54, 1.807) is 0 Å². The number of aromatic amines is 1. The summed E-state index contributed by atoms with van der Waals surface area (Å²) in [4.78, 5) is 13.4. The minimum atomic E-state index is -1.70. The van der Waals surface area contributed by atoms with Crippen molar-refractivity contribution in [2.75, 3.05) is 6.61 Å². The van der Waals surface area contributed by atoms with Crippen LogP contribution in [0.4, 0.5) is 0 Å². The third kappa shape index (κ3) is 2.11. The highest BCUT2D eigenvalue weighted by Gasteiger charge is 2.53. The highest BCUT2D eigenvalue weighted by atomic mass is 32.1. The number of nitrogens with zero attached hydrogens (tertiary/aromatic N) is 1. The van der Waals surface area contributed by atoms with Crippen molar-refractivity contribution < 1.29 is 20.1 Å². The van der Waals surface area contributed by atoms with E-state index >= 15 is 0 Å². The molecule has 0 amide bonds. The number of H-pyrrole nitrogens is 1. The molecule has 102 valence electrons. The second kappa shape index (κ2) is 4.88. The molecule has 0 saturated carbocycles. The lowest BCUT2D eigenvalue weighted by atomic mass is 9.97. The second-order valence-corrected chi connectivity index (χ2v) is 4.54. The lowest BCUT2D eigenvalue weighted by Gasteiger charge is -2.23. The summed E-state index contributed by atoms with van der Waals surface area (Å²) < 4.78 is 6.62. The van der Waals surface area contributed by atoms with Gasteiger partial charge in [0.25, 0.3) is 5.56 Å². The van der Waals surface area contributed by atoms with Gasteiger partial charge in [-0.25, -0.2) is 0 Å². The molecule has 4 atom stereocenters. The zero-order valence-electron chi connectivity index (χ0n) is 9.68. The van der Waals surface area contributed by atoms with E-state index in [2.05, 4.69) is 10.9 Å². The highest BCUT2D eigenvalue weighted by molar-refractivity contribution is 7.71. The maximum absolute atomic E-state index is 11.1. The van der Waals surface area contributed by atoms with Gasteiger partial charge in [0.2, 0.25) is 0 Å². The third-order valence-electron chi connectivity index (χ3n) is 3.03. The van der Waals surface area contributed by atoms with Crippen LogP contribution in [-0.2, 0) is 4.74 Å². The Labute approximate surface area is 113 Å². The van der Waals surface area contributed by atoms with Crippen LogP contribution >= 0.6 is 12.2 Å². The Balaban J connectivity index is 2.46. The van der Waals surface area contributed by atoms with Gasteiger partial charge in [-0.15, -0.1) is 6.42 Å². The van der Waals surface area contributed by atoms with Crippen LogP contribution in [0.1, 0.15) is 6.23 Å². The molecule has 1 aromatic heterocycles. The zero-order valence-corrected chi connectivity index (χ0v) is 10.5. The van der Waals surface area contributed by atoms with Crippen molar-refractivity contribution in [2.45, 2.75) is 24.0 Å². The molecule has 19 heavy (non-hydrogen) atoms. The van der Waals surface area contributed by atoms with Gasteiger partial charge in [0, 0.05) is 12.3 Å². The number of aliphatic hydroxyl groups is 3. The second-order valence-electron chi connectivity index (χ2n) is 4.15. The maximum Gasteiger partial charge on any atom is 0.251 e. The van der Waals surface area contributed by atoms with Crippen molar-refractivity contribution in [1.82, 2.24) is 9.55 Å². The van der Waals surface area contributed by atoms with Crippen LogP contribution in [0.15, 0.2) is 17.1 Å². The van der Waals surface area contributed by atoms with Crippen LogP contribution in [0.3, 0.4) is 0 Å². The molecule has 0 radical (unpaired) electrons. The predicted octanol–water partition coefficient (Wildman–Crippen LogP) is -1.48. The number of aromatic nitrogens is 2. The van der Waals surface area contributed by atoms with Crippen molar-refractivity contribution in [3.8, 4) is 12.3 Å². The van der Waals surface area contributed by atoms with Gasteiger partial charge in [0.1, 0.15) is 12.2 Å². The lowest BCUT2D eigenvalue weighted by molar-refractivity contribution is -0.0930. The van der Waals surface area contributed by atoms with E-state index in [1.807, 2.05) is 0 Å². The van der Waals surface area contributed by atoms with E-state index < -0.39 is 36.2 Å². The Morgan fingerprint density at radius 3 is 2.79 bits per heavy atom. The summed E-state index contributed by atoms with van der Waals surface area (Å²) >= 11 is 4.94.